The molecule has 0 aromatic rings. The van der Waals surface area contributed by atoms with Crippen molar-refractivity contribution < 1.29 is 24.6 Å². The number of carbonyl (C=O) groups excluding carboxylic acids is 1. The minimum atomic E-state index is -1.42. The van der Waals surface area contributed by atoms with Crippen LogP contribution in [0, 0.1) is 10.8 Å². The number of aliphatic carboxylic acids is 2. The van der Waals surface area contributed by atoms with Crippen LogP contribution >= 0.6 is 0 Å². The Bertz CT molecular complexity index is 329. The molecule has 2 N–H and O–H groups in total. The van der Waals surface area contributed by atoms with Crippen LogP contribution in [-0.4, -0.2) is 27.9 Å². The third kappa shape index (κ3) is 1.14. The number of carbonyl (C=O) groups is 3. The van der Waals surface area contributed by atoms with Crippen LogP contribution in [0.1, 0.15) is 38.5 Å². The number of rotatable bonds is 2. The normalized spacial score (nSPS) is 38.1. The Labute approximate surface area is 92.5 Å². The molecule has 2 aliphatic rings. The summed E-state index contributed by atoms with van der Waals surface area (Å²) in [6.07, 6.45) is 2.16. The number of carboxylic acids is 2. The zero-order valence-corrected chi connectivity index (χ0v) is 8.86. The van der Waals surface area contributed by atoms with Crippen LogP contribution < -0.4 is 0 Å². The molecule has 16 heavy (non-hydrogen) atoms. The van der Waals surface area contributed by atoms with E-state index in [1.165, 1.54) is 0 Å². The molecule has 0 aromatic carbocycles. The van der Waals surface area contributed by atoms with E-state index in [1.54, 1.807) is 0 Å². The predicted octanol–water partition coefficient (Wildman–Crippen LogP) is 1.07. The summed E-state index contributed by atoms with van der Waals surface area (Å²) in [5, 5.41) is 18.4. The van der Waals surface area contributed by atoms with Gasteiger partial charge in [0.25, 0.3) is 0 Å². The van der Waals surface area contributed by atoms with E-state index >= 15 is 0 Å². The van der Waals surface area contributed by atoms with Gasteiger partial charge in [-0.2, -0.15) is 0 Å². The van der Waals surface area contributed by atoms with E-state index < -0.39 is 28.6 Å². The van der Waals surface area contributed by atoms with Crippen LogP contribution in [0.4, 0.5) is 0 Å². The van der Waals surface area contributed by atoms with E-state index in [-0.39, 0.29) is 25.7 Å². The average Bonchev–Trinajstić information content (AvgIpc) is 2.16. The largest absolute Gasteiger partial charge is 0.480 e. The van der Waals surface area contributed by atoms with Gasteiger partial charge in [0, 0.05) is 0 Å². The van der Waals surface area contributed by atoms with Gasteiger partial charge < -0.3 is 10.2 Å². The smallest absolute Gasteiger partial charge is 0.317 e. The highest BCUT2D eigenvalue weighted by Gasteiger charge is 2.62. The Hall–Kier alpha value is -1.39. The molecule has 0 aliphatic heterocycles. The number of Topliss-reactive ketones (excluding diaryl/α,β-unsaturated/α-hetero) is 1. The van der Waals surface area contributed by atoms with Crippen LogP contribution in [0.5, 0.6) is 0 Å². The summed E-state index contributed by atoms with van der Waals surface area (Å²) < 4.78 is 0. The molecule has 0 heterocycles. The summed E-state index contributed by atoms with van der Waals surface area (Å²) in [7, 11) is 0. The lowest BCUT2D eigenvalue weighted by atomic mass is 9.54. The molecule has 2 fully saturated rings. The van der Waals surface area contributed by atoms with Crippen molar-refractivity contribution in [1.82, 2.24) is 0 Å². The summed E-state index contributed by atoms with van der Waals surface area (Å²) in [5.41, 5.74) is -2.84. The number of ketones is 1. The molecule has 0 saturated heterocycles. The van der Waals surface area contributed by atoms with E-state index in [4.69, 9.17) is 0 Å². The molecule has 5 nitrogen and oxygen atoms in total. The molecule has 88 valence electrons. The van der Waals surface area contributed by atoms with Crippen molar-refractivity contribution in [1.29, 1.82) is 0 Å². The molecular weight excluding hydrogens is 212 g/mol. The van der Waals surface area contributed by atoms with Crippen LogP contribution in [0.25, 0.3) is 0 Å². The number of hydrogen-bond acceptors (Lipinski definition) is 3. The van der Waals surface area contributed by atoms with Crippen LogP contribution in [0.2, 0.25) is 0 Å². The zero-order chi connectivity index (χ0) is 12.0. The van der Waals surface area contributed by atoms with Gasteiger partial charge in [0.1, 0.15) is 10.8 Å². The maximum atomic E-state index is 12.2. The second kappa shape index (κ2) is 3.30. The molecule has 0 aromatic heterocycles. The number of carboxylic acid groups (broad SMARTS) is 2. The first-order valence-corrected chi connectivity index (χ1v) is 5.47. The van der Waals surface area contributed by atoms with Crippen molar-refractivity contribution >= 4 is 17.7 Å². The zero-order valence-electron chi connectivity index (χ0n) is 8.86. The lowest BCUT2D eigenvalue weighted by Crippen LogP contribution is -2.57. The molecule has 0 atom stereocenters. The minimum absolute atomic E-state index is 0.288. The van der Waals surface area contributed by atoms with E-state index in [1.807, 2.05) is 0 Å². The summed E-state index contributed by atoms with van der Waals surface area (Å²) in [5.74, 6) is -2.87. The van der Waals surface area contributed by atoms with Crippen molar-refractivity contribution in [2.45, 2.75) is 38.5 Å². The lowest BCUT2D eigenvalue weighted by molar-refractivity contribution is -0.175. The van der Waals surface area contributed by atoms with Gasteiger partial charge in [0.2, 0.25) is 0 Å². The molecule has 0 amide bonds. The van der Waals surface area contributed by atoms with Gasteiger partial charge in [-0.15, -0.1) is 0 Å². The third-order valence-corrected chi connectivity index (χ3v) is 4.10. The first-order chi connectivity index (χ1) is 7.46. The van der Waals surface area contributed by atoms with Crippen molar-refractivity contribution in [3.05, 3.63) is 0 Å². The van der Waals surface area contributed by atoms with Crippen molar-refractivity contribution in [3.8, 4) is 0 Å². The SMILES string of the molecule is O=C(O)C12CCCC(C(=O)O)(CCC1)C2=O. The Balaban J connectivity index is 2.49. The molecule has 2 aliphatic carbocycles. The maximum Gasteiger partial charge on any atom is 0.317 e. The van der Waals surface area contributed by atoms with Crippen LogP contribution in [-0.2, 0) is 14.4 Å². The van der Waals surface area contributed by atoms with Gasteiger partial charge in [-0.3, -0.25) is 14.4 Å². The fourth-order valence-corrected chi connectivity index (χ4v) is 3.17. The van der Waals surface area contributed by atoms with Crippen molar-refractivity contribution in [2.75, 3.05) is 0 Å². The Kier molecular flexibility index (Phi) is 2.29. The van der Waals surface area contributed by atoms with E-state index in [0.717, 1.165) is 0 Å². The molecule has 0 radical (unpaired) electrons. The van der Waals surface area contributed by atoms with Gasteiger partial charge >= 0.3 is 11.9 Å². The van der Waals surface area contributed by atoms with E-state index in [0.29, 0.717) is 12.8 Å². The highest BCUT2D eigenvalue weighted by Crippen LogP contribution is 2.53. The Morgan fingerprint density at radius 1 is 0.875 bits per heavy atom. The highest BCUT2D eigenvalue weighted by molar-refractivity contribution is 6.15. The molecule has 5 heteroatoms. The van der Waals surface area contributed by atoms with Gasteiger partial charge in [0.15, 0.2) is 5.78 Å². The second-order valence-corrected chi connectivity index (χ2v) is 4.81. The Morgan fingerprint density at radius 3 is 1.44 bits per heavy atom. The molecule has 0 spiro atoms. The van der Waals surface area contributed by atoms with Gasteiger partial charge in [-0.25, -0.2) is 0 Å². The second-order valence-electron chi connectivity index (χ2n) is 4.81. The summed E-state index contributed by atoms with van der Waals surface area (Å²) in [4.78, 5) is 34.7. The lowest BCUT2D eigenvalue weighted by Gasteiger charge is -2.45. The molecule has 2 rings (SSSR count). The maximum absolute atomic E-state index is 12.2. The van der Waals surface area contributed by atoms with Crippen LogP contribution in [0.15, 0.2) is 0 Å². The molecule has 2 bridgehead atoms. The average molecular weight is 226 g/mol. The summed E-state index contributed by atoms with van der Waals surface area (Å²) in [6, 6.07) is 0. The van der Waals surface area contributed by atoms with Gasteiger partial charge in [-0.05, 0) is 25.7 Å². The first-order valence-electron chi connectivity index (χ1n) is 5.47. The summed E-state index contributed by atoms with van der Waals surface area (Å²) in [6.45, 7) is 0. The molecule has 2 saturated carbocycles. The highest BCUT2D eigenvalue weighted by atomic mass is 16.4. The van der Waals surface area contributed by atoms with Gasteiger partial charge in [0.05, 0.1) is 0 Å². The minimum Gasteiger partial charge on any atom is -0.480 e. The quantitative estimate of drug-likeness (QED) is 0.687. The number of fused-ring (bicyclic) bond motifs is 2. The molecule has 0 unspecified atom stereocenters. The van der Waals surface area contributed by atoms with Crippen LogP contribution in [0.3, 0.4) is 0 Å². The molecular formula is C11H14O5. The summed E-state index contributed by atoms with van der Waals surface area (Å²) >= 11 is 0. The fourth-order valence-electron chi connectivity index (χ4n) is 3.17. The monoisotopic (exact) mass is 226 g/mol. The number of hydrogen-bond donors (Lipinski definition) is 2. The third-order valence-electron chi connectivity index (χ3n) is 4.10. The standard InChI is InChI=1S/C11H14O5/c12-7-10(8(13)14)3-1-4-11(7,9(15)16)6-2-5-10/h1-6H2,(H,13,14)(H,15,16). The fraction of sp³-hybridized carbons (Fsp3) is 0.727. The predicted molar refractivity (Wildman–Crippen MR) is 52.8 cm³/mol. The van der Waals surface area contributed by atoms with Crippen molar-refractivity contribution in [2.24, 2.45) is 10.8 Å². The topological polar surface area (TPSA) is 91.7 Å². The van der Waals surface area contributed by atoms with Gasteiger partial charge in [-0.1, -0.05) is 12.8 Å². The van der Waals surface area contributed by atoms with E-state index in [2.05, 4.69) is 0 Å². The van der Waals surface area contributed by atoms with Crippen molar-refractivity contribution in [3.63, 3.8) is 0 Å². The Morgan fingerprint density at radius 2 is 1.19 bits per heavy atom. The van der Waals surface area contributed by atoms with E-state index in [9.17, 15) is 24.6 Å². The first kappa shape index (κ1) is 11.1.